The zero-order valence-electron chi connectivity index (χ0n) is 8.32. The quantitative estimate of drug-likeness (QED) is 0.501. The summed E-state index contributed by atoms with van der Waals surface area (Å²) in [7, 11) is 0. The van der Waals surface area contributed by atoms with Gasteiger partial charge in [-0.05, 0) is 17.7 Å². The monoisotopic (exact) mass is 208 g/mol. The molecule has 2 heteroatoms. The Morgan fingerprint density at radius 1 is 1.29 bits per heavy atom. The van der Waals surface area contributed by atoms with Crippen molar-refractivity contribution >= 4 is 11.8 Å². The second-order valence-electron chi connectivity index (χ2n) is 2.93. The van der Waals surface area contributed by atoms with Crippen molar-refractivity contribution in [3.63, 3.8) is 0 Å². The van der Waals surface area contributed by atoms with Gasteiger partial charge >= 0.3 is 0 Å². The van der Waals surface area contributed by atoms with Gasteiger partial charge in [-0.25, -0.2) is 0 Å². The zero-order chi connectivity index (χ0) is 10.1. The maximum absolute atomic E-state index is 5.04. The molecule has 0 atom stereocenters. The van der Waals surface area contributed by atoms with Crippen LogP contribution in [0.3, 0.4) is 0 Å². The van der Waals surface area contributed by atoms with Gasteiger partial charge in [0.1, 0.15) is 0 Å². The van der Waals surface area contributed by atoms with Crippen molar-refractivity contribution in [1.82, 2.24) is 0 Å². The summed E-state index contributed by atoms with van der Waals surface area (Å²) in [5.74, 6) is 2.23. The highest BCUT2D eigenvalue weighted by molar-refractivity contribution is 7.98. The van der Waals surface area contributed by atoms with Gasteiger partial charge in [0.25, 0.3) is 0 Å². The fourth-order valence-electron chi connectivity index (χ4n) is 1.09. The Hall–Kier alpha value is -0.890. The molecule has 0 heterocycles. The molecule has 0 N–H and O–H groups in total. The molecule has 0 aromatic heterocycles. The van der Waals surface area contributed by atoms with E-state index in [0.29, 0.717) is 0 Å². The molecule has 1 aromatic carbocycles. The van der Waals surface area contributed by atoms with Gasteiger partial charge in [-0.15, -0.1) is 0 Å². The van der Waals surface area contributed by atoms with Gasteiger partial charge in [0.05, 0.1) is 12.9 Å². The third kappa shape index (κ3) is 4.97. The topological polar surface area (TPSA) is 9.23 Å². The summed E-state index contributed by atoms with van der Waals surface area (Å²) in [4.78, 5) is 0. The van der Waals surface area contributed by atoms with E-state index in [0.717, 1.165) is 24.5 Å². The Morgan fingerprint density at radius 2 is 2.07 bits per heavy atom. The molecule has 0 saturated heterocycles. The Bertz CT molecular complexity index is 246. The van der Waals surface area contributed by atoms with E-state index in [1.165, 1.54) is 11.8 Å². The van der Waals surface area contributed by atoms with Crippen LogP contribution in [0.4, 0.5) is 0 Å². The fraction of sp³-hybridized carbons (Fsp3) is 0.333. The molecule has 0 aliphatic rings. The predicted octanol–water partition coefficient (Wildman–Crippen LogP) is 3.47. The van der Waals surface area contributed by atoms with Crippen LogP contribution in [0.2, 0.25) is 0 Å². The van der Waals surface area contributed by atoms with Gasteiger partial charge in [0.15, 0.2) is 0 Å². The smallest absolute Gasteiger partial charge is 0.0880 e. The van der Waals surface area contributed by atoms with Crippen LogP contribution >= 0.6 is 11.8 Å². The molecule has 0 aliphatic heterocycles. The van der Waals surface area contributed by atoms with E-state index in [-0.39, 0.29) is 0 Å². The van der Waals surface area contributed by atoms with Crippen molar-refractivity contribution in [2.75, 3.05) is 12.4 Å². The summed E-state index contributed by atoms with van der Waals surface area (Å²) >= 11 is 1.94. The van der Waals surface area contributed by atoms with E-state index in [9.17, 15) is 0 Å². The summed E-state index contributed by atoms with van der Waals surface area (Å²) in [6.45, 7) is 4.28. The molecule has 0 unspecified atom stereocenters. The first kappa shape index (κ1) is 11.2. The SMILES string of the molecule is C=COCCCSCc1ccccc1. The molecule has 0 amide bonds. The largest absolute Gasteiger partial charge is 0.502 e. The van der Waals surface area contributed by atoms with Crippen molar-refractivity contribution in [2.45, 2.75) is 12.2 Å². The Kier molecular flexibility index (Phi) is 6.00. The summed E-state index contributed by atoms with van der Waals surface area (Å²) in [5.41, 5.74) is 1.39. The first-order valence-corrected chi connectivity index (χ1v) is 5.93. The zero-order valence-corrected chi connectivity index (χ0v) is 9.13. The van der Waals surface area contributed by atoms with Crippen LogP contribution in [0.1, 0.15) is 12.0 Å². The average molecular weight is 208 g/mol. The minimum absolute atomic E-state index is 0.783. The molecule has 0 saturated carbocycles. The lowest BCUT2D eigenvalue weighted by atomic mass is 10.2. The fourth-order valence-corrected chi connectivity index (χ4v) is 1.99. The minimum atomic E-state index is 0.783. The maximum atomic E-state index is 5.04. The van der Waals surface area contributed by atoms with E-state index in [4.69, 9.17) is 4.74 Å². The lowest BCUT2D eigenvalue weighted by Gasteiger charge is -2.01. The number of hydrogen-bond donors (Lipinski definition) is 0. The van der Waals surface area contributed by atoms with Crippen LogP contribution in [-0.2, 0) is 10.5 Å². The third-order valence-electron chi connectivity index (χ3n) is 1.78. The molecule has 0 aliphatic carbocycles. The van der Waals surface area contributed by atoms with Crippen LogP contribution in [0.25, 0.3) is 0 Å². The van der Waals surface area contributed by atoms with E-state index < -0.39 is 0 Å². The number of benzene rings is 1. The van der Waals surface area contributed by atoms with Crippen LogP contribution in [0.15, 0.2) is 43.2 Å². The molecule has 0 fully saturated rings. The van der Waals surface area contributed by atoms with Gasteiger partial charge in [0, 0.05) is 5.75 Å². The molecule has 1 rings (SSSR count). The number of ether oxygens (including phenoxy) is 1. The lowest BCUT2D eigenvalue weighted by Crippen LogP contribution is -1.90. The first-order valence-electron chi connectivity index (χ1n) is 4.77. The second-order valence-corrected chi connectivity index (χ2v) is 4.03. The summed E-state index contributed by atoms with van der Waals surface area (Å²) < 4.78 is 5.04. The van der Waals surface area contributed by atoms with Crippen LogP contribution in [0, 0.1) is 0 Å². The van der Waals surface area contributed by atoms with Crippen molar-refractivity contribution in [3.8, 4) is 0 Å². The molecular weight excluding hydrogens is 192 g/mol. The van der Waals surface area contributed by atoms with Crippen molar-refractivity contribution < 1.29 is 4.74 Å². The van der Waals surface area contributed by atoms with Crippen molar-refractivity contribution in [1.29, 1.82) is 0 Å². The lowest BCUT2D eigenvalue weighted by molar-refractivity contribution is 0.252. The van der Waals surface area contributed by atoms with E-state index >= 15 is 0 Å². The number of hydrogen-bond acceptors (Lipinski definition) is 2. The van der Waals surface area contributed by atoms with Gasteiger partial charge in [-0.1, -0.05) is 36.9 Å². The molecular formula is C12H16OS. The molecule has 0 bridgehead atoms. The Morgan fingerprint density at radius 3 is 2.79 bits per heavy atom. The summed E-state index contributed by atoms with van der Waals surface area (Å²) in [6.07, 6.45) is 2.59. The first-order chi connectivity index (χ1) is 6.93. The third-order valence-corrected chi connectivity index (χ3v) is 2.90. The number of rotatable bonds is 7. The Balaban J connectivity index is 2.02. The highest BCUT2D eigenvalue weighted by Gasteiger charge is 1.92. The molecule has 14 heavy (non-hydrogen) atoms. The van der Waals surface area contributed by atoms with Crippen molar-refractivity contribution in [2.24, 2.45) is 0 Å². The van der Waals surface area contributed by atoms with E-state index in [2.05, 4.69) is 30.8 Å². The molecule has 1 aromatic rings. The van der Waals surface area contributed by atoms with Gasteiger partial charge < -0.3 is 4.74 Å². The van der Waals surface area contributed by atoms with Crippen LogP contribution in [-0.4, -0.2) is 12.4 Å². The molecule has 0 spiro atoms. The average Bonchev–Trinajstić information content (AvgIpc) is 2.25. The second kappa shape index (κ2) is 7.51. The normalized spacial score (nSPS) is 9.71. The van der Waals surface area contributed by atoms with Crippen LogP contribution < -0.4 is 0 Å². The highest BCUT2D eigenvalue weighted by atomic mass is 32.2. The summed E-state index contributed by atoms with van der Waals surface area (Å²) in [5, 5.41) is 0. The Labute approximate surface area is 90.2 Å². The molecule has 76 valence electrons. The minimum Gasteiger partial charge on any atom is -0.502 e. The van der Waals surface area contributed by atoms with Crippen molar-refractivity contribution in [3.05, 3.63) is 48.7 Å². The summed E-state index contributed by atoms with van der Waals surface area (Å²) in [6, 6.07) is 10.5. The maximum Gasteiger partial charge on any atom is 0.0880 e. The molecule has 0 radical (unpaired) electrons. The highest BCUT2D eigenvalue weighted by Crippen LogP contribution is 2.12. The van der Waals surface area contributed by atoms with Crippen LogP contribution in [0.5, 0.6) is 0 Å². The van der Waals surface area contributed by atoms with E-state index in [1.807, 2.05) is 17.8 Å². The predicted molar refractivity (Wildman–Crippen MR) is 63.4 cm³/mol. The standard InChI is InChI=1S/C12H16OS/c1-2-13-9-6-10-14-11-12-7-4-3-5-8-12/h2-5,7-8H,1,6,9-11H2. The van der Waals surface area contributed by atoms with Gasteiger partial charge in [0.2, 0.25) is 0 Å². The van der Waals surface area contributed by atoms with E-state index in [1.54, 1.807) is 0 Å². The van der Waals surface area contributed by atoms with Gasteiger partial charge in [-0.3, -0.25) is 0 Å². The van der Waals surface area contributed by atoms with Gasteiger partial charge in [-0.2, -0.15) is 11.8 Å². The molecule has 1 nitrogen and oxygen atoms in total. The number of thioether (sulfide) groups is 1.